The Hall–Kier alpha value is -2.14. The van der Waals surface area contributed by atoms with Crippen molar-refractivity contribution in [3.63, 3.8) is 0 Å². The molecular formula is C16H17ClN2O3. The van der Waals surface area contributed by atoms with Gasteiger partial charge < -0.3 is 18.9 Å². The lowest BCUT2D eigenvalue weighted by Gasteiger charge is -2.29. The number of halogens is 1. The van der Waals surface area contributed by atoms with E-state index in [-0.39, 0.29) is 12.0 Å². The number of benzene rings is 1. The van der Waals surface area contributed by atoms with Crippen LogP contribution in [0.15, 0.2) is 36.5 Å². The zero-order valence-electron chi connectivity index (χ0n) is 12.5. The number of nitrogens with zero attached hydrogens (tertiary/aromatic N) is 2. The van der Waals surface area contributed by atoms with Crippen LogP contribution < -0.4 is 9.47 Å². The molecule has 1 aliphatic rings. The molecular weight excluding hydrogens is 304 g/mol. The van der Waals surface area contributed by atoms with E-state index < -0.39 is 0 Å². The minimum absolute atomic E-state index is 0.100. The van der Waals surface area contributed by atoms with E-state index in [9.17, 15) is 4.79 Å². The van der Waals surface area contributed by atoms with Crippen molar-refractivity contribution in [1.82, 2.24) is 9.47 Å². The SMILES string of the molecule is CN(C[C@@H]1COc2ccccc2O1)C(=O)c1cc(Cl)cn1C. The molecule has 1 aromatic carbocycles. The van der Waals surface area contributed by atoms with Crippen molar-refractivity contribution in [1.29, 1.82) is 0 Å². The maximum absolute atomic E-state index is 12.4. The number of ether oxygens (including phenoxy) is 2. The van der Waals surface area contributed by atoms with Crippen LogP contribution in [0.25, 0.3) is 0 Å². The minimum atomic E-state index is -0.195. The number of aromatic nitrogens is 1. The average molecular weight is 321 g/mol. The van der Waals surface area contributed by atoms with Crippen molar-refractivity contribution >= 4 is 17.5 Å². The predicted molar refractivity (Wildman–Crippen MR) is 83.7 cm³/mol. The van der Waals surface area contributed by atoms with Gasteiger partial charge in [-0.15, -0.1) is 0 Å². The maximum Gasteiger partial charge on any atom is 0.270 e. The summed E-state index contributed by atoms with van der Waals surface area (Å²) in [5, 5.41) is 0.547. The number of aryl methyl sites for hydroxylation is 1. The number of fused-ring (bicyclic) bond motifs is 1. The smallest absolute Gasteiger partial charge is 0.270 e. The van der Waals surface area contributed by atoms with Gasteiger partial charge in [0.1, 0.15) is 12.3 Å². The van der Waals surface area contributed by atoms with Gasteiger partial charge in [0.25, 0.3) is 5.91 Å². The predicted octanol–water partition coefficient (Wildman–Crippen LogP) is 2.59. The molecule has 1 aromatic heterocycles. The summed E-state index contributed by atoms with van der Waals surface area (Å²) < 4.78 is 13.3. The third-order valence-electron chi connectivity index (χ3n) is 3.58. The van der Waals surface area contributed by atoms with E-state index in [4.69, 9.17) is 21.1 Å². The fourth-order valence-electron chi connectivity index (χ4n) is 2.47. The molecule has 6 heteroatoms. The number of para-hydroxylation sites is 2. The molecule has 0 bridgehead atoms. The zero-order valence-corrected chi connectivity index (χ0v) is 13.2. The van der Waals surface area contributed by atoms with Crippen LogP contribution in [-0.2, 0) is 7.05 Å². The van der Waals surface area contributed by atoms with Gasteiger partial charge in [0, 0.05) is 20.3 Å². The second-order valence-corrected chi connectivity index (χ2v) is 5.77. The van der Waals surface area contributed by atoms with E-state index in [1.165, 1.54) is 0 Å². The van der Waals surface area contributed by atoms with Crippen LogP contribution in [-0.4, -0.2) is 41.7 Å². The number of carbonyl (C=O) groups excluding carboxylic acids is 1. The first-order chi connectivity index (χ1) is 10.5. The Kier molecular flexibility index (Phi) is 3.98. The molecule has 0 fully saturated rings. The van der Waals surface area contributed by atoms with E-state index in [1.807, 2.05) is 24.3 Å². The van der Waals surface area contributed by atoms with Crippen LogP contribution in [0.3, 0.4) is 0 Å². The molecule has 0 N–H and O–H groups in total. The summed E-state index contributed by atoms with van der Waals surface area (Å²) in [7, 11) is 3.54. The third kappa shape index (κ3) is 2.90. The minimum Gasteiger partial charge on any atom is -0.486 e. The second-order valence-electron chi connectivity index (χ2n) is 5.34. The number of likely N-dealkylation sites (N-methyl/N-ethyl adjacent to an activating group) is 1. The molecule has 0 aliphatic carbocycles. The Balaban J connectivity index is 1.66. The van der Waals surface area contributed by atoms with Gasteiger partial charge >= 0.3 is 0 Å². The van der Waals surface area contributed by atoms with Gasteiger partial charge in [-0.05, 0) is 18.2 Å². The van der Waals surface area contributed by atoms with Crippen molar-refractivity contribution in [3.05, 3.63) is 47.2 Å². The van der Waals surface area contributed by atoms with E-state index in [1.54, 1.807) is 35.8 Å². The molecule has 2 aromatic rings. The largest absolute Gasteiger partial charge is 0.486 e. The van der Waals surface area contributed by atoms with Gasteiger partial charge in [-0.25, -0.2) is 0 Å². The molecule has 22 heavy (non-hydrogen) atoms. The Morgan fingerprint density at radius 1 is 1.41 bits per heavy atom. The number of hydrogen-bond acceptors (Lipinski definition) is 3. The van der Waals surface area contributed by atoms with Crippen LogP contribution >= 0.6 is 11.6 Å². The van der Waals surface area contributed by atoms with E-state index in [2.05, 4.69) is 0 Å². The van der Waals surface area contributed by atoms with Crippen LogP contribution in [0.1, 0.15) is 10.5 Å². The van der Waals surface area contributed by atoms with E-state index in [0.29, 0.717) is 29.6 Å². The van der Waals surface area contributed by atoms with Crippen molar-refractivity contribution in [2.24, 2.45) is 7.05 Å². The van der Waals surface area contributed by atoms with Gasteiger partial charge in [0.2, 0.25) is 0 Å². The Morgan fingerprint density at radius 2 is 2.14 bits per heavy atom. The quantitative estimate of drug-likeness (QED) is 0.873. The molecule has 1 atom stereocenters. The highest BCUT2D eigenvalue weighted by Crippen LogP contribution is 2.31. The third-order valence-corrected chi connectivity index (χ3v) is 3.79. The first-order valence-electron chi connectivity index (χ1n) is 7.00. The number of carbonyl (C=O) groups is 1. The molecule has 0 spiro atoms. The fourth-order valence-corrected chi connectivity index (χ4v) is 2.72. The Labute approximate surface area is 134 Å². The normalized spacial score (nSPS) is 16.4. The fraction of sp³-hybridized carbons (Fsp3) is 0.312. The number of amides is 1. The summed E-state index contributed by atoms with van der Waals surface area (Å²) in [5.74, 6) is 1.35. The summed E-state index contributed by atoms with van der Waals surface area (Å²) in [6.07, 6.45) is 1.51. The van der Waals surface area contributed by atoms with Gasteiger partial charge in [0.05, 0.1) is 11.6 Å². The number of hydrogen-bond donors (Lipinski definition) is 0. The van der Waals surface area contributed by atoms with Gasteiger partial charge in [0.15, 0.2) is 17.6 Å². The zero-order chi connectivity index (χ0) is 15.7. The summed E-state index contributed by atoms with van der Waals surface area (Å²) in [4.78, 5) is 14.1. The second kappa shape index (κ2) is 5.93. The molecule has 0 unspecified atom stereocenters. The molecule has 0 saturated carbocycles. The van der Waals surface area contributed by atoms with Crippen molar-refractivity contribution in [3.8, 4) is 11.5 Å². The highest BCUT2D eigenvalue weighted by atomic mass is 35.5. The van der Waals surface area contributed by atoms with Crippen molar-refractivity contribution < 1.29 is 14.3 Å². The Morgan fingerprint density at radius 3 is 2.82 bits per heavy atom. The maximum atomic E-state index is 12.4. The van der Waals surface area contributed by atoms with Gasteiger partial charge in [-0.1, -0.05) is 23.7 Å². The van der Waals surface area contributed by atoms with Gasteiger partial charge in [-0.2, -0.15) is 0 Å². The van der Waals surface area contributed by atoms with Crippen LogP contribution in [0, 0.1) is 0 Å². The number of rotatable bonds is 3. The monoisotopic (exact) mass is 320 g/mol. The molecule has 0 radical (unpaired) electrons. The molecule has 5 nitrogen and oxygen atoms in total. The van der Waals surface area contributed by atoms with Crippen LogP contribution in [0.2, 0.25) is 5.02 Å². The van der Waals surface area contributed by atoms with Crippen LogP contribution in [0.4, 0.5) is 0 Å². The summed E-state index contributed by atoms with van der Waals surface area (Å²) >= 11 is 5.93. The lowest BCUT2D eigenvalue weighted by molar-refractivity contribution is 0.0515. The standard InChI is InChI=1S/C16H17ClN2O3/c1-18-8-11(17)7-13(18)16(20)19(2)9-12-10-21-14-5-3-4-6-15(14)22-12/h3-8,12H,9-10H2,1-2H3/t12-/m1/s1. The molecule has 1 amide bonds. The summed E-state index contributed by atoms with van der Waals surface area (Å²) in [6, 6.07) is 9.18. The van der Waals surface area contributed by atoms with Crippen molar-refractivity contribution in [2.75, 3.05) is 20.2 Å². The van der Waals surface area contributed by atoms with Gasteiger partial charge in [-0.3, -0.25) is 4.79 Å². The molecule has 1 aliphatic heterocycles. The van der Waals surface area contributed by atoms with E-state index >= 15 is 0 Å². The average Bonchev–Trinajstić information content (AvgIpc) is 2.85. The highest BCUT2D eigenvalue weighted by molar-refractivity contribution is 6.31. The molecule has 3 rings (SSSR count). The molecule has 2 heterocycles. The molecule has 0 saturated heterocycles. The lowest BCUT2D eigenvalue weighted by Crippen LogP contribution is -2.42. The highest BCUT2D eigenvalue weighted by Gasteiger charge is 2.25. The van der Waals surface area contributed by atoms with Crippen LogP contribution in [0.5, 0.6) is 11.5 Å². The summed E-state index contributed by atoms with van der Waals surface area (Å²) in [5.41, 5.74) is 0.546. The van der Waals surface area contributed by atoms with E-state index in [0.717, 1.165) is 5.75 Å². The first-order valence-corrected chi connectivity index (χ1v) is 7.38. The summed E-state index contributed by atoms with van der Waals surface area (Å²) in [6.45, 7) is 0.860. The first kappa shape index (κ1) is 14.8. The topological polar surface area (TPSA) is 43.7 Å². The molecule has 116 valence electrons. The van der Waals surface area contributed by atoms with Crippen molar-refractivity contribution in [2.45, 2.75) is 6.10 Å². The lowest BCUT2D eigenvalue weighted by atomic mass is 10.2. The Bertz CT molecular complexity index is 698.